The third kappa shape index (κ3) is 3.51. The molecule has 27 heavy (non-hydrogen) atoms. The fourth-order valence-electron chi connectivity index (χ4n) is 5.40. The molecular weight excluding hydrogens is 338 g/mol. The molecule has 2 bridgehead atoms. The lowest BCUT2D eigenvalue weighted by molar-refractivity contribution is 0.107. The van der Waals surface area contributed by atoms with Gasteiger partial charge in [0, 0.05) is 56.5 Å². The fourth-order valence-corrected chi connectivity index (χ4v) is 5.40. The van der Waals surface area contributed by atoms with Gasteiger partial charge in [0.05, 0.1) is 0 Å². The second-order valence-corrected chi connectivity index (χ2v) is 8.85. The molecule has 146 valence electrons. The zero-order valence-corrected chi connectivity index (χ0v) is 16.3. The summed E-state index contributed by atoms with van der Waals surface area (Å²) >= 11 is 0. The normalized spacial score (nSPS) is 31.2. The highest BCUT2D eigenvalue weighted by Gasteiger charge is 2.47. The van der Waals surface area contributed by atoms with E-state index in [1.165, 1.54) is 31.2 Å². The Morgan fingerprint density at radius 1 is 1.04 bits per heavy atom. The van der Waals surface area contributed by atoms with E-state index in [-0.39, 0.29) is 6.03 Å². The van der Waals surface area contributed by atoms with Crippen LogP contribution in [0.15, 0.2) is 18.3 Å². The van der Waals surface area contributed by atoms with Crippen molar-refractivity contribution in [2.75, 3.05) is 31.1 Å². The van der Waals surface area contributed by atoms with Gasteiger partial charge in [-0.25, -0.2) is 9.78 Å². The van der Waals surface area contributed by atoms with E-state index in [9.17, 15) is 4.79 Å². The first-order chi connectivity index (χ1) is 13.2. The number of piperazine rings is 1. The topological polar surface area (TPSA) is 51.7 Å². The molecule has 1 aromatic heterocycles. The molecule has 4 heterocycles. The summed E-state index contributed by atoms with van der Waals surface area (Å²) in [6, 6.07) is 6.94. The van der Waals surface area contributed by atoms with Gasteiger partial charge in [-0.05, 0) is 63.1 Å². The molecule has 6 nitrogen and oxygen atoms in total. The predicted octanol–water partition coefficient (Wildman–Crippen LogP) is 2.38. The second-order valence-electron chi connectivity index (χ2n) is 8.85. The molecule has 5 rings (SSSR count). The van der Waals surface area contributed by atoms with Crippen molar-refractivity contribution in [2.24, 2.45) is 0 Å². The molecule has 4 aliphatic rings. The Morgan fingerprint density at radius 2 is 1.70 bits per heavy atom. The minimum Gasteiger partial charge on any atom is -0.353 e. The van der Waals surface area contributed by atoms with Gasteiger partial charge in [-0.3, -0.25) is 4.90 Å². The summed E-state index contributed by atoms with van der Waals surface area (Å²) in [5.74, 6) is 1.03. The lowest BCUT2D eigenvalue weighted by Gasteiger charge is -2.41. The number of anilines is 1. The van der Waals surface area contributed by atoms with E-state index >= 15 is 0 Å². The number of piperidine rings is 1. The van der Waals surface area contributed by atoms with Gasteiger partial charge < -0.3 is 15.1 Å². The molecule has 1 N–H and O–H groups in total. The number of nitrogens with one attached hydrogen (secondary N) is 1. The van der Waals surface area contributed by atoms with Crippen molar-refractivity contribution in [3.8, 4) is 0 Å². The van der Waals surface area contributed by atoms with E-state index in [1.54, 1.807) is 0 Å². The van der Waals surface area contributed by atoms with Crippen LogP contribution in [0.2, 0.25) is 0 Å². The Labute approximate surface area is 161 Å². The van der Waals surface area contributed by atoms with E-state index in [1.807, 2.05) is 17.2 Å². The Kier molecular flexibility index (Phi) is 4.46. The molecule has 2 atom stereocenters. The van der Waals surface area contributed by atoms with Crippen molar-refractivity contribution in [3.63, 3.8) is 0 Å². The molecule has 0 spiro atoms. The van der Waals surface area contributed by atoms with Crippen molar-refractivity contribution in [3.05, 3.63) is 23.9 Å². The van der Waals surface area contributed by atoms with Gasteiger partial charge in [-0.15, -0.1) is 0 Å². The van der Waals surface area contributed by atoms with Crippen molar-refractivity contribution < 1.29 is 4.79 Å². The number of aromatic nitrogens is 1. The number of hydrogen-bond acceptors (Lipinski definition) is 4. The van der Waals surface area contributed by atoms with Crippen LogP contribution in [-0.4, -0.2) is 71.2 Å². The maximum Gasteiger partial charge on any atom is 0.317 e. The summed E-state index contributed by atoms with van der Waals surface area (Å²) in [7, 11) is 0. The van der Waals surface area contributed by atoms with Crippen LogP contribution in [0.3, 0.4) is 0 Å². The highest BCUT2D eigenvalue weighted by molar-refractivity contribution is 5.75. The van der Waals surface area contributed by atoms with E-state index in [0.717, 1.165) is 50.9 Å². The number of urea groups is 1. The van der Waals surface area contributed by atoms with Gasteiger partial charge in [-0.2, -0.15) is 0 Å². The summed E-state index contributed by atoms with van der Waals surface area (Å²) in [6.45, 7) is 5.35. The van der Waals surface area contributed by atoms with Crippen LogP contribution in [0.4, 0.5) is 10.6 Å². The number of hydrogen-bond donors (Lipinski definition) is 1. The zero-order valence-electron chi connectivity index (χ0n) is 16.3. The van der Waals surface area contributed by atoms with Crippen molar-refractivity contribution >= 4 is 11.8 Å². The first-order valence-electron chi connectivity index (χ1n) is 10.7. The lowest BCUT2D eigenvalue weighted by atomic mass is 9.97. The van der Waals surface area contributed by atoms with E-state index in [4.69, 9.17) is 0 Å². The average molecular weight is 370 g/mol. The van der Waals surface area contributed by atoms with Gasteiger partial charge in [0.1, 0.15) is 5.82 Å². The van der Waals surface area contributed by atoms with Crippen molar-refractivity contribution in [1.82, 2.24) is 20.1 Å². The predicted molar refractivity (Wildman–Crippen MR) is 106 cm³/mol. The lowest BCUT2D eigenvalue weighted by Crippen LogP contribution is -2.56. The molecule has 2 amide bonds. The smallest absolute Gasteiger partial charge is 0.317 e. The van der Waals surface area contributed by atoms with Crippen LogP contribution in [-0.2, 0) is 0 Å². The molecule has 4 fully saturated rings. The molecule has 0 radical (unpaired) electrons. The molecule has 3 aliphatic heterocycles. The first kappa shape index (κ1) is 17.3. The third-order valence-corrected chi connectivity index (χ3v) is 6.88. The molecule has 1 aliphatic carbocycles. The SMILES string of the molecule is Cc1ccnc(N2CCN(C(=O)NC3CC4CCC(C3)N4C3CC3)CC2)c1. The number of rotatable bonds is 3. The molecule has 6 heteroatoms. The summed E-state index contributed by atoms with van der Waals surface area (Å²) in [6.07, 6.45) is 9.60. The van der Waals surface area contributed by atoms with Crippen LogP contribution in [0.5, 0.6) is 0 Å². The number of carbonyl (C=O) groups excluding carboxylic acids is 1. The first-order valence-corrected chi connectivity index (χ1v) is 10.7. The number of fused-ring (bicyclic) bond motifs is 2. The minimum atomic E-state index is 0.135. The van der Waals surface area contributed by atoms with E-state index in [2.05, 4.69) is 33.1 Å². The highest BCUT2D eigenvalue weighted by atomic mass is 16.2. The van der Waals surface area contributed by atoms with Crippen LogP contribution < -0.4 is 10.2 Å². The molecule has 0 aromatic carbocycles. The average Bonchev–Trinajstić information content (AvgIpc) is 3.48. The monoisotopic (exact) mass is 369 g/mol. The number of amides is 2. The van der Waals surface area contributed by atoms with Gasteiger partial charge in [0.15, 0.2) is 0 Å². The molecule has 3 saturated heterocycles. The van der Waals surface area contributed by atoms with Crippen molar-refractivity contribution in [1.29, 1.82) is 0 Å². The Hall–Kier alpha value is -1.82. The quantitative estimate of drug-likeness (QED) is 0.889. The Bertz CT molecular complexity index is 684. The molecular formula is C21H31N5O. The molecule has 2 unspecified atom stereocenters. The zero-order chi connectivity index (χ0) is 18.4. The van der Waals surface area contributed by atoms with Gasteiger partial charge >= 0.3 is 6.03 Å². The standard InChI is InChI=1S/C21H31N5O/c1-15-6-7-22-20(12-15)24-8-10-25(11-9-24)21(27)23-16-13-18-4-5-19(14-16)26(18)17-2-3-17/h6-7,12,16-19H,2-5,8-11,13-14H2,1H3,(H,23,27). The fraction of sp³-hybridized carbons (Fsp3) is 0.714. The largest absolute Gasteiger partial charge is 0.353 e. The molecule has 1 aromatic rings. The van der Waals surface area contributed by atoms with Crippen LogP contribution >= 0.6 is 0 Å². The number of pyridine rings is 1. The van der Waals surface area contributed by atoms with Crippen LogP contribution in [0, 0.1) is 6.92 Å². The second kappa shape index (κ2) is 6.97. The number of carbonyl (C=O) groups is 1. The highest BCUT2D eigenvalue weighted by Crippen LogP contribution is 2.43. The summed E-state index contributed by atoms with van der Waals surface area (Å²) < 4.78 is 0. The maximum absolute atomic E-state index is 12.8. The van der Waals surface area contributed by atoms with Gasteiger partial charge in [0.25, 0.3) is 0 Å². The van der Waals surface area contributed by atoms with Crippen LogP contribution in [0.1, 0.15) is 44.1 Å². The molecule has 1 saturated carbocycles. The summed E-state index contributed by atoms with van der Waals surface area (Å²) in [5, 5.41) is 3.36. The van der Waals surface area contributed by atoms with Gasteiger partial charge in [0.2, 0.25) is 0 Å². The number of aryl methyl sites for hydroxylation is 1. The third-order valence-electron chi connectivity index (χ3n) is 6.88. The minimum absolute atomic E-state index is 0.135. The van der Waals surface area contributed by atoms with Crippen molar-refractivity contribution in [2.45, 2.75) is 69.6 Å². The Balaban J connectivity index is 1.13. The van der Waals surface area contributed by atoms with Gasteiger partial charge in [-0.1, -0.05) is 0 Å². The summed E-state index contributed by atoms with van der Waals surface area (Å²) in [4.78, 5) is 24.3. The van der Waals surface area contributed by atoms with E-state index < -0.39 is 0 Å². The maximum atomic E-state index is 12.8. The van der Waals surface area contributed by atoms with Crippen LogP contribution in [0.25, 0.3) is 0 Å². The van der Waals surface area contributed by atoms with E-state index in [0.29, 0.717) is 18.1 Å². The Morgan fingerprint density at radius 3 is 2.33 bits per heavy atom. The number of nitrogens with zero attached hydrogens (tertiary/aromatic N) is 4. The summed E-state index contributed by atoms with van der Waals surface area (Å²) in [5.41, 5.74) is 1.23.